The van der Waals surface area contributed by atoms with Crippen LogP contribution in [0.3, 0.4) is 0 Å². The van der Waals surface area contributed by atoms with Crippen LogP contribution in [0.4, 0.5) is 11.5 Å². The van der Waals surface area contributed by atoms with E-state index >= 15 is 0 Å². The van der Waals surface area contributed by atoms with Gasteiger partial charge in [-0.3, -0.25) is 4.79 Å². The molecular formula is C12H19N5O. The summed E-state index contributed by atoms with van der Waals surface area (Å²) < 4.78 is 0. The Bertz CT molecular complexity index is 415. The van der Waals surface area contributed by atoms with Crippen LogP contribution in [0.25, 0.3) is 0 Å². The Morgan fingerprint density at radius 1 is 1.56 bits per heavy atom. The van der Waals surface area contributed by atoms with Crippen molar-refractivity contribution in [3.63, 3.8) is 0 Å². The molecule has 0 aliphatic carbocycles. The van der Waals surface area contributed by atoms with Gasteiger partial charge < -0.3 is 16.0 Å². The topological polar surface area (TPSA) is 84.1 Å². The Balaban J connectivity index is 1.87. The summed E-state index contributed by atoms with van der Waals surface area (Å²) in [6.07, 6.45) is 5.24. The normalized spacial score (nSPS) is 16.6. The average Bonchev–Trinajstić information content (AvgIpc) is 2.38. The van der Waals surface area contributed by atoms with Gasteiger partial charge in [0, 0.05) is 26.6 Å². The summed E-state index contributed by atoms with van der Waals surface area (Å²) in [6.45, 7) is 4.16. The van der Waals surface area contributed by atoms with Gasteiger partial charge in [0.2, 0.25) is 5.91 Å². The molecule has 0 bridgehead atoms. The van der Waals surface area contributed by atoms with E-state index in [9.17, 15) is 4.79 Å². The van der Waals surface area contributed by atoms with Crippen molar-refractivity contribution in [1.29, 1.82) is 0 Å². The number of anilines is 2. The summed E-state index contributed by atoms with van der Waals surface area (Å²) in [5, 5.41) is 2.87. The number of nitrogens with two attached hydrogens (primary N) is 1. The van der Waals surface area contributed by atoms with E-state index in [-0.39, 0.29) is 5.91 Å². The summed E-state index contributed by atoms with van der Waals surface area (Å²) in [6, 6.07) is 0. The van der Waals surface area contributed by atoms with E-state index in [0.29, 0.717) is 11.6 Å². The number of hydrogen-bond acceptors (Lipinski definition) is 5. The second-order valence-electron chi connectivity index (χ2n) is 4.67. The van der Waals surface area contributed by atoms with Crippen LogP contribution in [0.2, 0.25) is 0 Å². The van der Waals surface area contributed by atoms with Crippen LogP contribution in [0.15, 0.2) is 12.5 Å². The fraction of sp³-hybridized carbons (Fsp3) is 0.583. The fourth-order valence-corrected chi connectivity index (χ4v) is 2.24. The molecule has 18 heavy (non-hydrogen) atoms. The molecule has 2 heterocycles. The molecule has 0 unspecified atom stereocenters. The maximum Gasteiger partial charge on any atom is 0.216 e. The number of carbonyl (C=O) groups is 1. The zero-order valence-corrected chi connectivity index (χ0v) is 10.6. The van der Waals surface area contributed by atoms with Gasteiger partial charge in [0.15, 0.2) is 5.82 Å². The van der Waals surface area contributed by atoms with Crippen LogP contribution in [0, 0.1) is 5.92 Å². The van der Waals surface area contributed by atoms with E-state index < -0.39 is 0 Å². The minimum Gasteiger partial charge on any atom is -0.394 e. The Morgan fingerprint density at radius 2 is 2.28 bits per heavy atom. The zero-order valence-electron chi connectivity index (χ0n) is 10.6. The van der Waals surface area contributed by atoms with E-state index in [1.165, 1.54) is 6.33 Å². The number of nitrogens with one attached hydrogen (secondary N) is 1. The lowest BCUT2D eigenvalue weighted by atomic mass is 9.97. The van der Waals surface area contributed by atoms with Gasteiger partial charge in [-0.25, -0.2) is 9.97 Å². The van der Waals surface area contributed by atoms with E-state index in [1.54, 1.807) is 13.1 Å². The SMILES string of the molecule is CC(=O)NCC1CCN(c2ncncc2N)CC1. The average molecular weight is 249 g/mol. The molecule has 6 heteroatoms. The van der Waals surface area contributed by atoms with Crippen LogP contribution in [0.5, 0.6) is 0 Å². The highest BCUT2D eigenvalue weighted by Gasteiger charge is 2.21. The molecule has 0 spiro atoms. The highest BCUT2D eigenvalue weighted by atomic mass is 16.1. The largest absolute Gasteiger partial charge is 0.394 e. The second-order valence-corrected chi connectivity index (χ2v) is 4.67. The first-order valence-electron chi connectivity index (χ1n) is 6.21. The van der Waals surface area contributed by atoms with E-state index in [1.807, 2.05) is 0 Å². The van der Waals surface area contributed by atoms with Crippen molar-refractivity contribution >= 4 is 17.4 Å². The third-order valence-corrected chi connectivity index (χ3v) is 3.27. The molecule has 0 atom stereocenters. The van der Waals surface area contributed by atoms with E-state index in [0.717, 1.165) is 38.3 Å². The highest BCUT2D eigenvalue weighted by molar-refractivity contribution is 5.72. The summed E-state index contributed by atoms with van der Waals surface area (Å²) in [7, 11) is 0. The molecule has 3 N–H and O–H groups in total. The Labute approximate surface area is 107 Å². The fourth-order valence-electron chi connectivity index (χ4n) is 2.24. The van der Waals surface area contributed by atoms with Crippen molar-refractivity contribution < 1.29 is 4.79 Å². The van der Waals surface area contributed by atoms with Gasteiger partial charge in [-0.1, -0.05) is 0 Å². The Kier molecular flexibility index (Phi) is 3.96. The lowest BCUT2D eigenvalue weighted by molar-refractivity contribution is -0.119. The number of piperidine rings is 1. The summed E-state index contributed by atoms with van der Waals surface area (Å²) in [5.41, 5.74) is 6.48. The molecule has 0 saturated carbocycles. The molecular weight excluding hydrogens is 230 g/mol. The molecule has 1 aliphatic rings. The number of hydrogen-bond donors (Lipinski definition) is 2. The van der Waals surface area contributed by atoms with Gasteiger partial charge in [-0.2, -0.15) is 0 Å². The lowest BCUT2D eigenvalue weighted by Gasteiger charge is -2.33. The Morgan fingerprint density at radius 3 is 2.89 bits per heavy atom. The predicted octanol–water partition coefficient (Wildman–Crippen LogP) is 0.411. The van der Waals surface area contributed by atoms with Crippen molar-refractivity contribution in [1.82, 2.24) is 15.3 Å². The third kappa shape index (κ3) is 3.09. The summed E-state index contributed by atoms with van der Waals surface area (Å²) in [5.74, 6) is 1.41. The minimum atomic E-state index is 0.0393. The summed E-state index contributed by atoms with van der Waals surface area (Å²) >= 11 is 0. The number of aromatic nitrogens is 2. The second kappa shape index (κ2) is 5.66. The minimum absolute atomic E-state index is 0.0393. The molecule has 1 fully saturated rings. The van der Waals surface area contributed by atoms with Crippen molar-refractivity contribution in [3.05, 3.63) is 12.5 Å². The van der Waals surface area contributed by atoms with Crippen molar-refractivity contribution in [2.45, 2.75) is 19.8 Å². The maximum absolute atomic E-state index is 10.9. The molecule has 0 aromatic carbocycles. The van der Waals surface area contributed by atoms with Crippen molar-refractivity contribution in [2.75, 3.05) is 30.3 Å². The number of nitrogen functional groups attached to an aromatic ring is 1. The van der Waals surface area contributed by atoms with Crippen molar-refractivity contribution in [3.8, 4) is 0 Å². The first kappa shape index (κ1) is 12.6. The van der Waals surface area contributed by atoms with Gasteiger partial charge in [-0.05, 0) is 18.8 Å². The van der Waals surface area contributed by atoms with Crippen LogP contribution in [-0.2, 0) is 4.79 Å². The molecule has 1 amide bonds. The summed E-state index contributed by atoms with van der Waals surface area (Å²) in [4.78, 5) is 21.2. The van der Waals surface area contributed by atoms with Crippen LogP contribution in [-0.4, -0.2) is 35.5 Å². The highest BCUT2D eigenvalue weighted by Crippen LogP contribution is 2.24. The number of rotatable bonds is 3. The van der Waals surface area contributed by atoms with Gasteiger partial charge in [0.05, 0.1) is 11.9 Å². The number of nitrogens with zero attached hydrogens (tertiary/aromatic N) is 3. The number of carbonyl (C=O) groups excluding carboxylic acids is 1. The molecule has 1 aliphatic heterocycles. The Hall–Kier alpha value is -1.85. The molecule has 1 aromatic rings. The first-order chi connectivity index (χ1) is 8.66. The van der Waals surface area contributed by atoms with Crippen LogP contribution < -0.4 is 16.0 Å². The van der Waals surface area contributed by atoms with Crippen LogP contribution >= 0.6 is 0 Å². The number of amides is 1. The van der Waals surface area contributed by atoms with Gasteiger partial charge in [0.1, 0.15) is 6.33 Å². The first-order valence-corrected chi connectivity index (χ1v) is 6.21. The smallest absolute Gasteiger partial charge is 0.216 e. The van der Waals surface area contributed by atoms with Crippen molar-refractivity contribution in [2.24, 2.45) is 5.92 Å². The van der Waals surface area contributed by atoms with E-state index in [4.69, 9.17) is 5.73 Å². The monoisotopic (exact) mass is 249 g/mol. The van der Waals surface area contributed by atoms with E-state index in [2.05, 4.69) is 20.2 Å². The molecule has 2 rings (SSSR count). The predicted molar refractivity (Wildman–Crippen MR) is 70.1 cm³/mol. The van der Waals surface area contributed by atoms with Gasteiger partial charge >= 0.3 is 0 Å². The molecule has 98 valence electrons. The van der Waals surface area contributed by atoms with Gasteiger partial charge in [0.25, 0.3) is 0 Å². The van der Waals surface area contributed by atoms with Crippen LogP contribution in [0.1, 0.15) is 19.8 Å². The molecule has 1 saturated heterocycles. The molecule has 6 nitrogen and oxygen atoms in total. The lowest BCUT2D eigenvalue weighted by Crippen LogP contribution is -2.38. The standard InChI is InChI=1S/C12H19N5O/c1-9(18)15-6-10-2-4-17(5-3-10)12-11(13)7-14-8-16-12/h7-8,10H,2-6,13H2,1H3,(H,15,18). The molecule has 1 aromatic heterocycles. The maximum atomic E-state index is 10.9. The zero-order chi connectivity index (χ0) is 13.0. The molecule has 0 radical (unpaired) electrons. The third-order valence-electron chi connectivity index (χ3n) is 3.27. The quantitative estimate of drug-likeness (QED) is 0.810. The van der Waals surface area contributed by atoms with Gasteiger partial charge in [-0.15, -0.1) is 0 Å².